The van der Waals surface area contributed by atoms with Gasteiger partial charge in [0.25, 0.3) is 5.56 Å². The molecule has 0 amide bonds. The summed E-state index contributed by atoms with van der Waals surface area (Å²) >= 11 is 0. The van der Waals surface area contributed by atoms with Crippen molar-refractivity contribution in [3.63, 3.8) is 0 Å². The second-order valence-electron chi connectivity index (χ2n) is 10.3. The molecule has 10 heteroatoms. The molecular formula is C27H26F2N6O2. The summed E-state index contributed by atoms with van der Waals surface area (Å²) in [6, 6.07) is 5.62. The lowest BCUT2D eigenvalue weighted by Crippen LogP contribution is -2.43. The van der Waals surface area contributed by atoms with Crippen molar-refractivity contribution < 1.29 is 13.5 Å². The quantitative estimate of drug-likeness (QED) is 0.415. The molecule has 3 aromatic heterocycles. The first-order valence-electron chi connectivity index (χ1n) is 12.8. The van der Waals surface area contributed by atoms with E-state index in [2.05, 4.69) is 10.00 Å². The number of hydrogen-bond donors (Lipinski definition) is 0. The fourth-order valence-corrected chi connectivity index (χ4v) is 5.48. The highest BCUT2D eigenvalue weighted by Gasteiger charge is 2.31. The Kier molecular flexibility index (Phi) is 5.14. The van der Waals surface area contributed by atoms with Crippen LogP contribution < -0.4 is 10.5 Å². The Hall–Kier alpha value is -3.66. The predicted molar refractivity (Wildman–Crippen MR) is 133 cm³/mol. The molecule has 0 bridgehead atoms. The van der Waals surface area contributed by atoms with Crippen LogP contribution in [0.15, 0.2) is 41.5 Å². The minimum atomic E-state index is -0.742. The average molecular weight is 505 g/mol. The van der Waals surface area contributed by atoms with Crippen LogP contribution in [0, 0.1) is 11.6 Å². The fourth-order valence-electron chi connectivity index (χ4n) is 5.48. The molecule has 2 atom stereocenters. The van der Waals surface area contributed by atoms with E-state index in [9.17, 15) is 13.6 Å². The minimum Gasteiger partial charge on any atom is -0.367 e. The molecule has 2 fully saturated rings. The molecule has 8 nitrogen and oxygen atoms in total. The Balaban J connectivity index is 1.35. The summed E-state index contributed by atoms with van der Waals surface area (Å²) in [6.07, 6.45) is 7.37. The number of pyridine rings is 1. The summed E-state index contributed by atoms with van der Waals surface area (Å²) in [4.78, 5) is 25.1. The molecule has 1 aromatic carbocycles. The van der Waals surface area contributed by atoms with Crippen molar-refractivity contribution in [2.45, 2.75) is 57.4 Å². The number of aromatic nitrogens is 5. The Bertz CT molecular complexity index is 1590. The molecule has 0 N–H and O–H groups in total. The summed E-state index contributed by atoms with van der Waals surface area (Å²) in [5.74, 6) is -0.205. The van der Waals surface area contributed by atoms with E-state index in [1.807, 2.05) is 24.0 Å². The maximum Gasteiger partial charge on any atom is 0.261 e. The molecule has 0 spiro atoms. The minimum absolute atomic E-state index is 0.106. The summed E-state index contributed by atoms with van der Waals surface area (Å²) in [6.45, 7) is 3.66. The lowest BCUT2D eigenvalue weighted by Gasteiger charge is -2.37. The van der Waals surface area contributed by atoms with Gasteiger partial charge in [0.05, 0.1) is 30.3 Å². The topological polar surface area (TPSA) is 78.1 Å². The third-order valence-electron chi connectivity index (χ3n) is 7.47. The number of benzene rings is 1. The molecular weight excluding hydrogens is 478 g/mol. The van der Waals surface area contributed by atoms with E-state index in [4.69, 9.17) is 14.7 Å². The van der Waals surface area contributed by atoms with Crippen molar-refractivity contribution in [1.29, 1.82) is 0 Å². The molecule has 1 aliphatic carbocycles. The van der Waals surface area contributed by atoms with Gasteiger partial charge in [-0.25, -0.2) is 18.7 Å². The number of aryl methyl sites for hydroxylation is 1. The third kappa shape index (κ3) is 3.90. The van der Waals surface area contributed by atoms with Crippen molar-refractivity contribution in [1.82, 2.24) is 24.3 Å². The number of halogens is 2. The first kappa shape index (κ1) is 22.5. The summed E-state index contributed by atoms with van der Waals surface area (Å²) in [5, 5.41) is 4.89. The van der Waals surface area contributed by atoms with E-state index in [0.29, 0.717) is 54.6 Å². The first-order valence-corrected chi connectivity index (χ1v) is 12.8. The van der Waals surface area contributed by atoms with Crippen LogP contribution in [0.1, 0.15) is 49.7 Å². The van der Waals surface area contributed by atoms with Crippen LogP contribution in [0.25, 0.3) is 22.2 Å². The van der Waals surface area contributed by atoms with E-state index >= 15 is 0 Å². The molecule has 3 aliphatic rings. The van der Waals surface area contributed by atoms with E-state index in [0.717, 1.165) is 30.9 Å². The van der Waals surface area contributed by atoms with Crippen LogP contribution >= 0.6 is 0 Å². The predicted octanol–water partition coefficient (Wildman–Crippen LogP) is 4.18. The fraction of sp³-hybridized carbons (Fsp3) is 0.407. The van der Waals surface area contributed by atoms with Gasteiger partial charge in [-0.05, 0) is 44.4 Å². The van der Waals surface area contributed by atoms with Crippen LogP contribution in [0.3, 0.4) is 0 Å². The number of rotatable bonds is 4. The van der Waals surface area contributed by atoms with Gasteiger partial charge < -0.3 is 9.64 Å². The van der Waals surface area contributed by atoms with Crippen LogP contribution in [-0.4, -0.2) is 43.5 Å². The van der Waals surface area contributed by atoms with Crippen LogP contribution in [0.5, 0.6) is 0 Å². The standard InChI is InChI=1S/C27H26F2N6O2/c1-15-12-33(14-22(37-15)16-11-30-35(13-16)18-5-6-18)24-10-20-26(31-23-3-2-8-34(23)27(20)36)25(32-24)19-7-4-17(28)9-21(19)29/h4,7,9-11,13,15,18,22H,2-3,5-6,8,12,14H2,1H3/t15-,22-/m1/s1. The highest BCUT2D eigenvalue weighted by molar-refractivity contribution is 5.93. The molecule has 1 saturated carbocycles. The number of fused-ring (bicyclic) bond motifs is 2. The van der Waals surface area contributed by atoms with E-state index in [1.54, 1.807) is 10.6 Å². The molecule has 7 rings (SSSR count). The van der Waals surface area contributed by atoms with Crippen LogP contribution in [0.4, 0.5) is 14.6 Å². The molecule has 0 unspecified atom stereocenters. The first-order chi connectivity index (χ1) is 17.9. The van der Waals surface area contributed by atoms with Crippen molar-refractivity contribution >= 4 is 16.7 Å². The molecule has 4 aromatic rings. The molecule has 1 saturated heterocycles. The summed E-state index contributed by atoms with van der Waals surface area (Å²) in [7, 11) is 0. The third-order valence-corrected chi connectivity index (χ3v) is 7.47. The van der Waals surface area contributed by atoms with Gasteiger partial charge in [-0.15, -0.1) is 0 Å². The zero-order valence-electron chi connectivity index (χ0n) is 20.4. The maximum atomic E-state index is 15.0. The van der Waals surface area contributed by atoms with E-state index in [-0.39, 0.29) is 29.0 Å². The Morgan fingerprint density at radius 1 is 1.11 bits per heavy atom. The number of nitrogens with zero attached hydrogens (tertiary/aromatic N) is 6. The lowest BCUT2D eigenvalue weighted by molar-refractivity contribution is -0.0176. The summed E-state index contributed by atoms with van der Waals surface area (Å²) in [5.41, 5.74) is 1.54. The lowest BCUT2D eigenvalue weighted by atomic mass is 10.1. The normalized spacial score (nSPS) is 21.5. The number of anilines is 1. The number of morpholine rings is 1. The van der Waals surface area contributed by atoms with Gasteiger partial charge in [0, 0.05) is 42.9 Å². The average Bonchev–Trinajstić information content (AvgIpc) is 3.41. The van der Waals surface area contributed by atoms with Crippen molar-refractivity contribution in [3.05, 3.63) is 70.0 Å². The smallest absolute Gasteiger partial charge is 0.261 e. The van der Waals surface area contributed by atoms with Gasteiger partial charge in [-0.2, -0.15) is 5.10 Å². The molecule has 37 heavy (non-hydrogen) atoms. The van der Waals surface area contributed by atoms with Gasteiger partial charge in [0.1, 0.15) is 40.6 Å². The van der Waals surface area contributed by atoms with Crippen molar-refractivity contribution in [3.8, 4) is 11.3 Å². The summed E-state index contributed by atoms with van der Waals surface area (Å²) < 4.78 is 38.7. The highest BCUT2D eigenvalue weighted by atomic mass is 19.1. The van der Waals surface area contributed by atoms with Gasteiger partial charge >= 0.3 is 0 Å². The SMILES string of the molecule is C[C@@H]1CN(c2cc3c(=O)n4c(nc3c(-c3ccc(F)cc3F)n2)CCC4)C[C@H](c2cnn(C3CC3)c2)O1. The molecule has 5 heterocycles. The number of ether oxygens (including phenoxy) is 1. The monoisotopic (exact) mass is 504 g/mol. The van der Waals surface area contributed by atoms with Gasteiger partial charge in [-0.3, -0.25) is 14.0 Å². The molecule has 2 aliphatic heterocycles. The van der Waals surface area contributed by atoms with Crippen molar-refractivity contribution in [2.24, 2.45) is 0 Å². The second kappa shape index (κ2) is 8.44. The Morgan fingerprint density at radius 3 is 2.78 bits per heavy atom. The zero-order chi connectivity index (χ0) is 25.3. The Morgan fingerprint density at radius 2 is 1.97 bits per heavy atom. The van der Waals surface area contributed by atoms with Crippen LogP contribution in [-0.2, 0) is 17.7 Å². The number of hydrogen-bond acceptors (Lipinski definition) is 6. The van der Waals surface area contributed by atoms with Gasteiger partial charge in [-0.1, -0.05) is 0 Å². The largest absolute Gasteiger partial charge is 0.367 e. The molecule has 190 valence electrons. The van der Waals surface area contributed by atoms with E-state index in [1.165, 1.54) is 12.1 Å². The van der Waals surface area contributed by atoms with E-state index < -0.39 is 11.6 Å². The van der Waals surface area contributed by atoms with Crippen molar-refractivity contribution in [2.75, 3.05) is 18.0 Å². The second-order valence-corrected chi connectivity index (χ2v) is 10.3. The molecule has 0 radical (unpaired) electrons. The van der Waals surface area contributed by atoms with Gasteiger partial charge in [0.15, 0.2) is 0 Å². The Labute approximate surface area is 211 Å². The van der Waals surface area contributed by atoms with Gasteiger partial charge in [0.2, 0.25) is 0 Å². The highest BCUT2D eigenvalue weighted by Crippen LogP contribution is 2.37. The maximum absolute atomic E-state index is 15.0. The zero-order valence-corrected chi connectivity index (χ0v) is 20.4. The van der Waals surface area contributed by atoms with Crippen LogP contribution in [0.2, 0.25) is 0 Å².